The number of fused-ring (bicyclic) bond motifs is 6. The number of rotatable bonds is 7. The molecule has 14 heteroatoms. The van der Waals surface area contributed by atoms with Gasteiger partial charge in [0.15, 0.2) is 0 Å². The monoisotopic (exact) mass is 827 g/mol. The second-order valence-electron chi connectivity index (χ2n) is 18.3. The van der Waals surface area contributed by atoms with Gasteiger partial charge in [0.2, 0.25) is 6.41 Å². The van der Waals surface area contributed by atoms with Crippen molar-refractivity contribution in [3.05, 3.63) is 52.1 Å². The van der Waals surface area contributed by atoms with Gasteiger partial charge in [0.1, 0.15) is 12.1 Å². The Hall–Kier alpha value is -4.37. The van der Waals surface area contributed by atoms with Crippen LogP contribution in [0.15, 0.2) is 35.8 Å². The number of nitrogens with zero attached hydrogens (tertiary/aromatic N) is 6. The summed E-state index contributed by atoms with van der Waals surface area (Å²) in [4.78, 5) is 51.5. The van der Waals surface area contributed by atoms with Gasteiger partial charge in [-0.15, -0.1) is 11.3 Å². The average molecular weight is 828 g/mol. The Morgan fingerprint density at radius 3 is 2.56 bits per heavy atom. The molecule has 3 fully saturated rings. The number of thiazole rings is 1. The van der Waals surface area contributed by atoms with Crippen molar-refractivity contribution < 1.29 is 28.3 Å². The van der Waals surface area contributed by atoms with Crippen molar-refractivity contribution in [2.24, 2.45) is 11.3 Å². The highest BCUT2D eigenvalue weighted by molar-refractivity contribution is 7.10. The molecule has 318 valence electrons. The number of cyclic esters (lactones) is 1. The molecule has 0 radical (unpaired) electrons. The van der Waals surface area contributed by atoms with Crippen molar-refractivity contribution in [2.75, 3.05) is 65.4 Å². The molecule has 4 aliphatic rings. The normalized spacial score (nSPS) is 22.5. The quantitative estimate of drug-likeness (QED) is 0.128. The van der Waals surface area contributed by atoms with Crippen molar-refractivity contribution in [3.63, 3.8) is 0 Å². The SMILES string of the molecule is CC1CC1.CCn1c(-c2cc(N3CC[N+](C)(C)CC3)cnc2C(C)OC)c2c3cc(ccc31)-c1csc(n1)C[C@H](NC=O)C(=O)N1CCCC(N1)C(=O)OCC(C)(C)C2. The fraction of sp³-hybridized carbons (Fsp3) is 0.578. The summed E-state index contributed by atoms with van der Waals surface area (Å²) >= 11 is 1.46. The van der Waals surface area contributed by atoms with Crippen LogP contribution in [0.1, 0.15) is 82.7 Å². The summed E-state index contributed by atoms with van der Waals surface area (Å²) in [5.74, 6) is 0.373. The van der Waals surface area contributed by atoms with Gasteiger partial charge in [0, 0.05) is 59.4 Å². The standard InChI is InChI=1S/C41H54N8O5S.C4H8/c1-8-47-35-12-11-27-18-29(35)31(38(47)30-19-28(22-42-37(30)26(2)53-7)46-14-16-49(5,6)17-15-46)21-41(3,4)24-54-40(52)32-10-9-13-48(45-32)39(51)33(43-25-50)20-36-44-34(27)23-55-36;1-4-2-3-4/h11-12,18-19,22-23,25-26,32-33,45H,8-10,13-17,20-21,24H2,1-7H3;4H,2-3H2,1H3/p+1/t26?,32?,33-;/m0./s1. The van der Waals surface area contributed by atoms with Gasteiger partial charge in [-0.2, -0.15) is 0 Å². The summed E-state index contributed by atoms with van der Waals surface area (Å²) in [6.07, 6.45) is 7.28. The molecule has 2 amide bonds. The molecule has 3 atom stereocenters. The Kier molecular flexibility index (Phi) is 12.8. The van der Waals surface area contributed by atoms with Crippen LogP contribution < -0.4 is 15.6 Å². The minimum absolute atomic E-state index is 0.183. The van der Waals surface area contributed by atoms with E-state index in [4.69, 9.17) is 19.4 Å². The maximum absolute atomic E-state index is 13.7. The number of hydrazine groups is 1. The number of hydrogen-bond acceptors (Lipinski definition) is 10. The number of likely N-dealkylation sites (N-methyl/N-ethyl adjacent to an activating group) is 1. The number of esters is 1. The second kappa shape index (κ2) is 17.7. The van der Waals surface area contributed by atoms with Crippen molar-refractivity contribution in [1.82, 2.24) is 30.3 Å². The van der Waals surface area contributed by atoms with Gasteiger partial charge in [-0.05, 0) is 62.8 Å². The average Bonchev–Trinajstić information content (AvgIpc) is 3.77. The van der Waals surface area contributed by atoms with Crippen molar-refractivity contribution in [3.8, 4) is 22.5 Å². The highest BCUT2D eigenvalue weighted by Gasteiger charge is 2.35. The van der Waals surface area contributed by atoms with E-state index < -0.39 is 23.5 Å². The summed E-state index contributed by atoms with van der Waals surface area (Å²) in [5.41, 5.74) is 10.8. The van der Waals surface area contributed by atoms with Crippen LogP contribution in [0.25, 0.3) is 33.4 Å². The lowest BCUT2D eigenvalue weighted by molar-refractivity contribution is -0.890. The van der Waals surface area contributed by atoms with Crippen LogP contribution in [0, 0.1) is 11.3 Å². The number of aromatic nitrogens is 3. The Bertz CT molecular complexity index is 2150. The molecule has 2 N–H and O–H groups in total. The summed E-state index contributed by atoms with van der Waals surface area (Å²) in [7, 11) is 6.30. The number of ether oxygens (including phenoxy) is 2. The van der Waals surface area contributed by atoms with Crippen LogP contribution in [0.4, 0.5) is 5.69 Å². The Labute approximate surface area is 353 Å². The van der Waals surface area contributed by atoms with E-state index in [1.165, 1.54) is 29.2 Å². The second-order valence-corrected chi connectivity index (χ2v) is 19.2. The predicted molar refractivity (Wildman–Crippen MR) is 233 cm³/mol. The zero-order valence-electron chi connectivity index (χ0n) is 36.2. The van der Waals surface area contributed by atoms with Gasteiger partial charge < -0.3 is 28.7 Å². The number of quaternary nitrogens is 1. The first kappa shape index (κ1) is 42.7. The molecule has 1 aliphatic carbocycles. The van der Waals surface area contributed by atoms with E-state index in [0.717, 1.165) is 98.5 Å². The molecule has 0 spiro atoms. The molecule has 59 heavy (non-hydrogen) atoms. The number of nitrogens with one attached hydrogen (secondary N) is 2. The van der Waals surface area contributed by atoms with Gasteiger partial charge in [-0.1, -0.05) is 39.7 Å². The predicted octanol–water partition coefficient (Wildman–Crippen LogP) is 6.15. The van der Waals surface area contributed by atoms with Gasteiger partial charge in [-0.25, -0.2) is 10.4 Å². The lowest BCUT2D eigenvalue weighted by atomic mass is 9.84. The lowest BCUT2D eigenvalue weighted by Gasteiger charge is -2.40. The maximum Gasteiger partial charge on any atom is 0.324 e. The fourth-order valence-electron chi connectivity index (χ4n) is 8.30. The summed E-state index contributed by atoms with van der Waals surface area (Å²) in [6.45, 7) is 16.1. The molecule has 6 heterocycles. The zero-order valence-corrected chi connectivity index (χ0v) is 37.0. The Balaban J connectivity index is 0.00000124. The van der Waals surface area contributed by atoms with Crippen LogP contribution in [-0.2, 0) is 43.2 Å². The van der Waals surface area contributed by atoms with Gasteiger partial charge >= 0.3 is 5.97 Å². The number of hydrogen-bond donors (Lipinski definition) is 2. The molecular weight excluding hydrogens is 765 g/mol. The van der Waals surface area contributed by atoms with E-state index in [-0.39, 0.29) is 25.0 Å². The highest BCUT2D eigenvalue weighted by Crippen LogP contribution is 2.43. The van der Waals surface area contributed by atoms with E-state index in [1.54, 1.807) is 7.11 Å². The molecule has 8 rings (SSSR count). The summed E-state index contributed by atoms with van der Waals surface area (Å²) in [5, 5.41) is 7.98. The van der Waals surface area contributed by atoms with Crippen molar-refractivity contribution in [1.29, 1.82) is 0 Å². The number of piperazine rings is 1. The van der Waals surface area contributed by atoms with E-state index >= 15 is 0 Å². The van der Waals surface area contributed by atoms with E-state index in [1.807, 2.05) is 18.5 Å². The summed E-state index contributed by atoms with van der Waals surface area (Å²) in [6, 6.07) is 7.29. The Morgan fingerprint density at radius 1 is 1.14 bits per heavy atom. The van der Waals surface area contributed by atoms with Crippen LogP contribution in [0.5, 0.6) is 0 Å². The molecule has 6 bridgehead atoms. The molecule has 13 nitrogen and oxygen atoms in total. The third-order valence-electron chi connectivity index (χ3n) is 12.4. The molecule has 2 saturated heterocycles. The minimum Gasteiger partial charge on any atom is -0.464 e. The fourth-order valence-corrected chi connectivity index (χ4v) is 9.15. The number of anilines is 1. The Morgan fingerprint density at radius 2 is 1.88 bits per heavy atom. The number of benzene rings is 1. The molecule has 4 aromatic rings. The third-order valence-corrected chi connectivity index (χ3v) is 13.2. The van der Waals surface area contributed by atoms with Gasteiger partial charge in [0.25, 0.3) is 5.91 Å². The number of methoxy groups -OCH3 is 1. The topological polar surface area (TPSA) is 131 Å². The van der Waals surface area contributed by atoms with E-state index in [2.05, 4.69) is 86.3 Å². The molecule has 2 unspecified atom stereocenters. The largest absolute Gasteiger partial charge is 0.464 e. The number of carbonyl (C=O) groups excluding carboxylic acids is 3. The van der Waals surface area contributed by atoms with Crippen LogP contribution in [0.2, 0.25) is 0 Å². The first-order valence-corrected chi connectivity index (χ1v) is 22.2. The maximum atomic E-state index is 13.7. The minimum atomic E-state index is -0.838. The molecule has 3 aromatic heterocycles. The number of pyridine rings is 1. The van der Waals surface area contributed by atoms with E-state index in [0.29, 0.717) is 32.2 Å². The highest BCUT2D eigenvalue weighted by atomic mass is 32.1. The van der Waals surface area contributed by atoms with Gasteiger partial charge in [0.05, 0.1) is 87.0 Å². The van der Waals surface area contributed by atoms with Crippen LogP contribution >= 0.6 is 11.3 Å². The first-order chi connectivity index (χ1) is 28.2. The number of carbonyl (C=O) groups is 3. The smallest absolute Gasteiger partial charge is 0.324 e. The third kappa shape index (κ3) is 9.66. The van der Waals surface area contributed by atoms with Crippen molar-refractivity contribution >= 4 is 46.2 Å². The molecular formula is C45H63N8O5S+. The summed E-state index contributed by atoms with van der Waals surface area (Å²) < 4.78 is 15.4. The van der Waals surface area contributed by atoms with Crippen LogP contribution in [-0.4, -0.2) is 115 Å². The number of amides is 2. The molecule has 1 saturated carbocycles. The zero-order chi connectivity index (χ0) is 42.1. The van der Waals surface area contributed by atoms with Crippen LogP contribution in [0.3, 0.4) is 0 Å². The van der Waals surface area contributed by atoms with Gasteiger partial charge in [-0.3, -0.25) is 24.4 Å². The van der Waals surface area contributed by atoms with E-state index in [9.17, 15) is 14.4 Å². The molecule has 3 aliphatic heterocycles. The lowest BCUT2D eigenvalue weighted by Crippen LogP contribution is -2.59. The molecule has 1 aromatic carbocycles. The number of aryl methyl sites for hydroxylation is 1. The first-order valence-electron chi connectivity index (χ1n) is 21.3. The van der Waals surface area contributed by atoms with Crippen molar-refractivity contribution in [2.45, 2.75) is 97.9 Å².